The molecule has 0 amide bonds. The fraction of sp³-hybridized carbons (Fsp3) is 0.556. The molecule has 0 N–H and O–H groups in total. The summed E-state index contributed by atoms with van der Waals surface area (Å²) >= 11 is 0. The second-order valence-electron chi connectivity index (χ2n) is 9.00. The maximum Gasteiger partial charge on any atom is 0.202 e. The molecule has 30 heavy (non-hydrogen) atoms. The number of benzene rings is 2. The van der Waals surface area contributed by atoms with Crippen molar-refractivity contribution in [3.63, 3.8) is 0 Å². The Hall–Kier alpha value is -1.84. The molecule has 0 aliphatic rings. The fourth-order valence-corrected chi connectivity index (χ4v) is 3.69. The van der Waals surface area contributed by atoms with Crippen LogP contribution < -0.4 is 4.74 Å². The summed E-state index contributed by atoms with van der Waals surface area (Å²) in [5, 5.41) is 0. The van der Waals surface area contributed by atoms with Crippen molar-refractivity contribution in [3.8, 4) is 5.75 Å². The Balaban J connectivity index is 1.75. The Labute approximate surface area is 184 Å². The van der Waals surface area contributed by atoms with Crippen LogP contribution >= 0.6 is 0 Å². The molecule has 0 aromatic heterocycles. The monoisotopic (exact) mass is 412 g/mol. The van der Waals surface area contributed by atoms with E-state index < -0.39 is 0 Å². The molecule has 0 radical (unpaired) electrons. The molecule has 0 heterocycles. The van der Waals surface area contributed by atoms with E-state index in [0.717, 1.165) is 23.2 Å². The summed E-state index contributed by atoms with van der Waals surface area (Å²) in [5.74, 6) is 0.870. The van der Waals surface area contributed by atoms with Crippen molar-refractivity contribution in [3.05, 3.63) is 65.7 Å². The molecular weight excluding hydrogens is 370 g/mol. The predicted octanol–water partition coefficient (Wildman–Crippen LogP) is 6.95. The third-order valence-electron chi connectivity index (χ3n) is 5.85. The first-order valence-electron chi connectivity index (χ1n) is 11.7. The number of rotatable bonds is 14. The average Bonchev–Trinajstić information content (AvgIpc) is 2.72. The second kappa shape index (κ2) is 12.8. The molecule has 2 aromatic carbocycles. The fourth-order valence-electron chi connectivity index (χ4n) is 3.69. The maximum absolute atomic E-state index is 6.18. The van der Waals surface area contributed by atoms with E-state index in [1.165, 1.54) is 49.7 Å². The van der Waals surface area contributed by atoms with Gasteiger partial charge in [0.15, 0.2) is 6.23 Å². The lowest BCUT2D eigenvalue weighted by molar-refractivity contribution is -0.949. The van der Waals surface area contributed by atoms with Gasteiger partial charge in [0.05, 0.1) is 14.1 Å². The highest BCUT2D eigenvalue weighted by Crippen LogP contribution is 2.20. The smallest absolute Gasteiger partial charge is 0.202 e. The van der Waals surface area contributed by atoms with Gasteiger partial charge in [-0.3, -0.25) is 9.22 Å². The molecule has 3 nitrogen and oxygen atoms in total. The van der Waals surface area contributed by atoms with Crippen molar-refractivity contribution in [1.29, 1.82) is 0 Å². The summed E-state index contributed by atoms with van der Waals surface area (Å²) in [5.41, 5.74) is 2.70. The third kappa shape index (κ3) is 8.89. The number of nitrogens with zero attached hydrogens (tertiary/aromatic N) is 1. The van der Waals surface area contributed by atoms with Gasteiger partial charge in [0.25, 0.3) is 0 Å². The number of ether oxygens (including phenoxy) is 2. The average molecular weight is 413 g/mol. The van der Waals surface area contributed by atoms with E-state index in [4.69, 9.17) is 9.47 Å². The zero-order valence-corrected chi connectivity index (χ0v) is 19.8. The Morgan fingerprint density at radius 3 is 2.07 bits per heavy atom. The van der Waals surface area contributed by atoms with Crippen LogP contribution in [0.2, 0.25) is 0 Å². The zero-order valence-electron chi connectivity index (χ0n) is 19.8. The molecule has 2 aromatic rings. The molecule has 3 heteroatoms. The van der Waals surface area contributed by atoms with Crippen LogP contribution in [0, 0.1) is 0 Å². The van der Waals surface area contributed by atoms with Crippen LogP contribution in [0.3, 0.4) is 0 Å². The molecular formula is C27H42NO2+. The molecule has 0 bridgehead atoms. The molecule has 0 aliphatic heterocycles. The minimum absolute atomic E-state index is 0.0205. The summed E-state index contributed by atoms with van der Waals surface area (Å²) in [6, 6.07) is 19.1. The number of hydrogen-bond donors (Lipinski definition) is 0. The highest BCUT2D eigenvalue weighted by atomic mass is 16.7. The predicted molar refractivity (Wildman–Crippen MR) is 126 cm³/mol. The zero-order chi connectivity index (χ0) is 21.8. The number of hydrogen-bond acceptors (Lipinski definition) is 2. The first-order chi connectivity index (χ1) is 14.4. The largest absolute Gasteiger partial charge is 0.465 e. The first-order valence-corrected chi connectivity index (χ1v) is 11.7. The van der Waals surface area contributed by atoms with Crippen molar-refractivity contribution in [2.45, 2.75) is 84.8 Å². The number of quaternary nitrogens is 1. The van der Waals surface area contributed by atoms with Gasteiger partial charge in [-0.25, -0.2) is 0 Å². The first kappa shape index (κ1) is 24.4. The van der Waals surface area contributed by atoms with Crippen LogP contribution in [0.1, 0.15) is 70.4 Å². The van der Waals surface area contributed by atoms with Gasteiger partial charge in [-0.2, -0.15) is 0 Å². The second-order valence-corrected chi connectivity index (χ2v) is 9.00. The summed E-state index contributed by atoms with van der Waals surface area (Å²) in [7, 11) is 4.39. The Morgan fingerprint density at radius 1 is 0.767 bits per heavy atom. The van der Waals surface area contributed by atoms with Gasteiger partial charge in [-0.15, -0.1) is 0 Å². The third-order valence-corrected chi connectivity index (χ3v) is 5.85. The normalized spacial score (nSPS) is 13.8. The van der Waals surface area contributed by atoms with Crippen LogP contribution in [-0.2, 0) is 17.7 Å². The Morgan fingerprint density at radius 2 is 1.40 bits per heavy atom. The van der Waals surface area contributed by atoms with Gasteiger partial charge < -0.3 is 4.74 Å². The molecule has 0 aliphatic carbocycles. The molecule has 0 fully saturated rings. The summed E-state index contributed by atoms with van der Waals surface area (Å²) in [4.78, 5) is 0. The van der Waals surface area contributed by atoms with E-state index in [1.807, 2.05) is 6.92 Å². The van der Waals surface area contributed by atoms with E-state index >= 15 is 0 Å². The van der Waals surface area contributed by atoms with E-state index in [-0.39, 0.29) is 12.5 Å². The minimum atomic E-state index is -0.294. The molecule has 0 saturated heterocycles. The highest BCUT2D eigenvalue weighted by Gasteiger charge is 2.27. The van der Waals surface area contributed by atoms with Crippen molar-refractivity contribution in [1.82, 2.24) is 0 Å². The molecule has 0 saturated carbocycles. The standard InChI is InChI=1S/C27H42NO2/c1-6-7-8-9-10-12-15-25-18-20-27(21-19-25)30-24(3)29-23(2)28(4,5)22-26-16-13-11-14-17-26/h11,13-14,16-21,23-24H,6-10,12,15,22H2,1-5H3/q+1. The molecule has 2 rings (SSSR count). The van der Waals surface area contributed by atoms with Crippen molar-refractivity contribution < 1.29 is 14.0 Å². The van der Waals surface area contributed by atoms with Crippen LogP contribution in [0.5, 0.6) is 5.75 Å². The van der Waals surface area contributed by atoms with Gasteiger partial charge in [-0.05, 0) is 37.5 Å². The highest BCUT2D eigenvalue weighted by molar-refractivity contribution is 5.27. The van der Waals surface area contributed by atoms with E-state index in [1.54, 1.807) is 0 Å². The molecule has 0 spiro atoms. The van der Waals surface area contributed by atoms with Gasteiger partial charge in [-0.1, -0.05) is 81.5 Å². The van der Waals surface area contributed by atoms with E-state index in [2.05, 4.69) is 82.5 Å². The summed E-state index contributed by atoms with van der Waals surface area (Å²) in [6.45, 7) is 7.28. The van der Waals surface area contributed by atoms with Crippen LogP contribution in [0.4, 0.5) is 0 Å². The van der Waals surface area contributed by atoms with Gasteiger partial charge in [0, 0.05) is 12.5 Å². The van der Waals surface area contributed by atoms with Crippen LogP contribution in [0.15, 0.2) is 54.6 Å². The minimum Gasteiger partial charge on any atom is -0.465 e. The lowest BCUT2D eigenvalue weighted by Gasteiger charge is -2.36. The summed E-state index contributed by atoms with van der Waals surface area (Å²) < 4.78 is 13.0. The van der Waals surface area contributed by atoms with Crippen LogP contribution in [-0.4, -0.2) is 31.1 Å². The molecule has 166 valence electrons. The Bertz CT molecular complexity index is 697. The quantitative estimate of drug-likeness (QED) is 0.190. The van der Waals surface area contributed by atoms with Crippen molar-refractivity contribution in [2.75, 3.05) is 14.1 Å². The summed E-state index contributed by atoms with van der Waals surface area (Å²) in [6.07, 6.45) is 8.90. The van der Waals surface area contributed by atoms with Gasteiger partial charge in [0.1, 0.15) is 12.3 Å². The van der Waals surface area contributed by atoms with Crippen molar-refractivity contribution in [2.24, 2.45) is 0 Å². The van der Waals surface area contributed by atoms with Gasteiger partial charge in [0.2, 0.25) is 6.29 Å². The SMILES string of the molecule is CCCCCCCCc1ccc(OC(C)OC(C)[N+](C)(C)Cc2ccccc2)cc1. The van der Waals surface area contributed by atoms with Gasteiger partial charge >= 0.3 is 0 Å². The topological polar surface area (TPSA) is 18.5 Å². The molecule has 2 unspecified atom stereocenters. The van der Waals surface area contributed by atoms with Crippen molar-refractivity contribution >= 4 is 0 Å². The lowest BCUT2D eigenvalue weighted by atomic mass is 10.0. The van der Waals surface area contributed by atoms with E-state index in [9.17, 15) is 0 Å². The number of unbranched alkanes of at least 4 members (excludes halogenated alkanes) is 5. The lowest BCUT2D eigenvalue weighted by Crippen LogP contribution is -2.49. The Kier molecular flexibility index (Phi) is 10.4. The number of aryl methyl sites for hydroxylation is 1. The van der Waals surface area contributed by atoms with E-state index in [0.29, 0.717) is 0 Å². The van der Waals surface area contributed by atoms with Crippen LogP contribution in [0.25, 0.3) is 0 Å². The molecule has 2 atom stereocenters. The maximum atomic E-state index is 6.18.